The lowest BCUT2D eigenvalue weighted by Gasteiger charge is -2.47. The van der Waals surface area contributed by atoms with Gasteiger partial charge in [0.05, 0.1) is 35.8 Å². The van der Waals surface area contributed by atoms with Gasteiger partial charge in [0.15, 0.2) is 0 Å². The zero-order chi connectivity index (χ0) is 29.2. The molecule has 2 aromatic heterocycles. The molecular weight excluding hydrogens is 504 g/mol. The first-order valence-electron chi connectivity index (χ1n) is 14.6. The molecule has 1 saturated heterocycles. The minimum atomic E-state index is -0.466. The fourth-order valence-corrected chi connectivity index (χ4v) is 6.17. The van der Waals surface area contributed by atoms with Gasteiger partial charge in [0.25, 0.3) is 5.91 Å². The number of pyridine rings is 1. The van der Waals surface area contributed by atoms with Crippen LogP contribution in [-0.2, 0) is 4.74 Å². The molecule has 2 aliphatic rings. The molecule has 0 atom stereocenters. The summed E-state index contributed by atoms with van der Waals surface area (Å²) in [6, 6.07) is 1.92. The number of anilines is 2. The molecule has 0 spiro atoms. The summed E-state index contributed by atoms with van der Waals surface area (Å²) in [5, 5.41) is 3.57. The number of nitrogens with zero attached hydrogens (tertiary/aromatic N) is 5. The molecule has 0 aromatic carbocycles. The van der Waals surface area contributed by atoms with Crippen LogP contribution in [-0.4, -0.2) is 70.6 Å². The van der Waals surface area contributed by atoms with Gasteiger partial charge in [-0.15, -0.1) is 0 Å². The van der Waals surface area contributed by atoms with Crippen LogP contribution in [0.4, 0.5) is 11.6 Å². The smallest absolute Gasteiger partial charge is 0.339 e. The zero-order valence-corrected chi connectivity index (χ0v) is 25.6. The average Bonchev–Trinajstić information content (AvgIpc) is 2.90. The van der Waals surface area contributed by atoms with E-state index in [1.54, 1.807) is 6.20 Å². The maximum Gasteiger partial charge on any atom is 0.339 e. The third-order valence-electron chi connectivity index (χ3n) is 8.55. The second-order valence-corrected chi connectivity index (χ2v) is 12.8. The van der Waals surface area contributed by atoms with E-state index in [1.165, 1.54) is 39.2 Å². The van der Waals surface area contributed by atoms with Gasteiger partial charge < -0.3 is 19.9 Å². The fraction of sp³-hybridized carbons (Fsp3) is 0.645. The van der Waals surface area contributed by atoms with Crippen LogP contribution in [0.2, 0.25) is 0 Å². The largest absolute Gasteiger partial charge is 0.465 e. The number of aromatic nitrogens is 3. The number of aryl methyl sites for hydroxylation is 2. The van der Waals surface area contributed by atoms with Crippen LogP contribution in [0.5, 0.6) is 0 Å². The Labute approximate surface area is 239 Å². The van der Waals surface area contributed by atoms with Crippen LogP contribution < -0.4 is 10.2 Å². The van der Waals surface area contributed by atoms with E-state index in [2.05, 4.69) is 44.8 Å². The lowest BCUT2D eigenvalue weighted by Crippen LogP contribution is -2.61. The molecule has 218 valence electrons. The fourth-order valence-electron chi connectivity index (χ4n) is 6.17. The summed E-state index contributed by atoms with van der Waals surface area (Å²) >= 11 is 0. The van der Waals surface area contributed by atoms with Crippen LogP contribution in [0, 0.1) is 19.3 Å². The number of hydrogen-bond donors (Lipinski definition) is 1. The van der Waals surface area contributed by atoms with Gasteiger partial charge in [-0.3, -0.25) is 4.79 Å². The SMILES string of the molecule is COC(=O)c1c(C)cc(N2CCN(C(=O)c3cnc(NCC4(C)CCCCC4)c(C(C)C)n3)C(C)(C)C2)nc1C. The standard InChI is InChI=1S/C31H46N6O3/c1-20(2)26-27(33-18-31(7)12-10-9-11-13-31)32-17-23(35-26)28(38)37-15-14-36(19-30(37,5)6)24-16-21(3)25(22(4)34-24)29(39)40-8/h16-17,20H,9-15,18-19H2,1-8H3,(H,32,33). The van der Waals surface area contributed by atoms with Crippen molar-refractivity contribution in [2.45, 2.75) is 92.0 Å². The molecule has 4 rings (SSSR count). The van der Waals surface area contributed by atoms with Gasteiger partial charge in [-0.2, -0.15) is 0 Å². The second kappa shape index (κ2) is 11.7. The van der Waals surface area contributed by atoms with Gasteiger partial charge in [-0.1, -0.05) is 40.0 Å². The number of piperazine rings is 1. The summed E-state index contributed by atoms with van der Waals surface area (Å²) in [4.78, 5) is 44.3. The number of rotatable bonds is 7. The summed E-state index contributed by atoms with van der Waals surface area (Å²) in [5.74, 6) is 1.24. The Morgan fingerprint density at radius 2 is 1.77 bits per heavy atom. The van der Waals surface area contributed by atoms with E-state index in [0.29, 0.717) is 36.6 Å². The first-order chi connectivity index (χ1) is 18.8. The van der Waals surface area contributed by atoms with Crippen LogP contribution in [0.25, 0.3) is 0 Å². The third kappa shape index (κ3) is 6.23. The van der Waals surface area contributed by atoms with E-state index in [4.69, 9.17) is 19.7 Å². The molecule has 9 nitrogen and oxygen atoms in total. The third-order valence-corrected chi connectivity index (χ3v) is 8.55. The molecule has 1 N–H and O–H groups in total. The number of amides is 1. The molecule has 2 fully saturated rings. The van der Waals surface area contributed by atoms with Crippen molar-refractivity contribution in [2.75, 3.05) is 43.5 Å². The lowest BCUT2D eigenvalue weighted by molar-refractivity contribution is 0.0505. The Morgan fingerprint density at radius 3 is 2.38 bits per heavy atom. The minimum Gasteiger partial charge on any atom is -0.465 e. The normalized spacial score (nSPS) is 18.5. The number of methoxy groups -OCH3 is 1. The zero-order valence-electron chi connectivity index (χ0n) is 25.6. The highest BCUT2D eigenvalue weighted by Gasteiger charge is 2.39. The van der Waals surface area contributed by atoms with Gasteiger partial charge >= 0.3 is 5.97 Å². The number of hydrogen-bond acceptors (Lipinski definition) is 8. The van der Waals surface area contributed by atoms with Crippen molar-refractivity contribution in [3.05, 3.63) is 40.5 Å². The molecular formula is C31H46N6O3. The molecule has 40 heavy (non-hydrogen) atoms. The first-order valence-corrected chi connectivity index (χ1v) is 14.6. The van der Waals surface area contributed by atoms with Gasteiger partial charge in [0.2, 0.25) is 0 Å². The highest BCUT2D eigenvalue weighted by molar-refractivity contribution is 5.93. The molecule has 9 heteroatoms. The Morgan fingerprint density at radius 1 is 1.07 bits per heavy atom. The number of carbonyl (C=O) groups excluding carboxylic acids is 2. The predicted octanol–water partition coefficient (Wildman–Crippen LogP) is 5.52. The Kier molecular flexibility index (Phi) is 8.71. The summed E-state index contributed by atoms with van der Waals surface area (Å²) in [7, 11) is 1.38. The van der Waals surface area contributed by atoms with Gasteiger partial charge in [-0.05, 0) is 63.5 Å². The van der Waals surface area contributed by atoms with E-state index in [1.807, 2.05) is 24.8 Å². The van der Waals surface area contributed by atoms with Crippen LogP contribution in [0.3, 0.4) is 0 Å². The average molecular weight is 551 g/mol. The van der Waals surface area contributed by atoms with Crippen molar-refractivity contribution in [1.82, 2.24) is 19.9 Å². The van der Waals surface area contributed by atoms with E-state index in [-0.39, 0.29) is 23.2 Å². The lowest BCUT2D eigenvalue weighted by atomic mass is 9.76. The molecule has 1 aliphatic carbocycles. The number of carbonyl (C=O) groups is 2. The summed E-state index contributed by atoms with van der Waals surface area (Å²) < 4.78 is 4.92. The molecule has 0 radical (unpaired) electrons. The van der Waals surface area contributed by atoms with Crippen LogP contribution in [0.1, 0.15) is 110 Å². The molecule has 0 unspecified atom stereocenters. The number of nitrogens with one attached hydrogen (secondary N) is 1. The highest BCUT2D eigenvalue weighted by Crippen LogP contribution is 2.36. The second-order valence-electron chi connectivity index (χ2n) is 12.8. The number of esters is 1. The van der Waals surface area contributed by atoms with Crippen molar-refractivity contribution in [1.29, 1.82) is 0 Å². The van der Waals surface area contributed by atoms with Crippen LogP contribution >= 0.6 is 0 Å². The maximum absolute atomic E-state index is 13.8. The minimum absolute atomic E-state index is 0.105. The van der Waals surface area contributed by atoms with E-state index in [9.17, 15) is 9.59 Å². The molecule has 3 heterocycles. The Bertz CT molecular complexity index is 1230. The van der Waals surface area contributed by atoms with E-state index >= 15 is 0 Å². The summed E-state index contributed by atoms with van der Waals surface area (Å²) in [5.41, 5.74) is 3.00. The highest BCUT2D eigenvalue weighted by atomic mass is 16.5. The van der Waals surface area contributed by atoms with Crippen molar-refractivity contribution >= 4 is 23.5 Å². The summed E-state index contributed by atoms with van der Waals surface area (Å²) in [6.45, 7) is 17.0. The van der Waals surface area contributed by atoms with E-state index in [0.717, 1.165) is 29.4 Å². The van der Waals surface area contributed by atoms with Crippen molar-refractivity contribution in [2.24, 2.45) is 5.41 Å². The van der Waals surface area contributed by atoms with Gasteiger partial charge in [0.1, 0.15) is 17.3 Å². The topological polar surface area (TPSA) is 101 Å². The quantitative estimate of drug-likeness (QED) is 0.450. The molecule has 1 aliphatic heterocycles. The first kappa shape index (κ1) is 29.7. The van der Waals surface area contributed by atoms with E-state index < -0.39 is 5.54 Å². The van der Waals surface area contributed by atoms with Crippen LogP contribution in [0.15, 0.2) is 12.3 Å². The Balaban J connectivity index is 1.50. The molecule has 1 amide bonds. The maximum atomic E-state index is 13.8. The van der Waals surface area contributed by atoms with Crippen molar-refractivity contribution in [3.8, 4) is 0 Å². The number of ether oxygens (including phenoxy) is 1. The van der Waals surface area contributed by atoms with Crippen molar-refractivity contribution in [3.63, 3.8) is 0 Å². The van der Waals surface area contributed by atoms with Gasteiger partial charge in [-0.25, -0.2) is 19.7 Å². The van der Waals surface area contributed by atoms with Gasteiger partial charge in [0, 0.05) is 26.2 Å². The summed E-state index contributed by atoms with van der Waals surface area (Å²) in [6.07, 6.45) is 7.97. The molecule has 0 bridgehead atoms. The molecule has 2 aromatic rings. The molecule has 1 saturated carbocycles. The Hall–Kier alpha value is -3.23. The monoisotopic (exact) mass is 550 g/mol. The van der Waals surface area contributed by atoms with Crippen molar-refractivity contribution < 1.29 is 14.3 Å². The predicted molar refractivity (Wildman–Crippen MR) is 158 cm³/mol.